The van der Waals surface area contributed by atoms with Gasteiger partial charge in [0.15, 0.2) is 0 Å². The van der Waals surface area contributed by atoms with Crippen LogP contribution < -0.4 is 5.32 Å². The largest absolute Gasteiger partial charge is 0.481 e. The van der Waals surface area contributed by atoms with Crippen LogP contribution in [0.3, 0.4) is 0 Å². The Labute approximate surface area is 95.4 Å². The molecule has 0 heterocycles. The van der Waals surface area contributed by atoms with E-state index in [0.29, 0.717) is 19.4 Å². The van der Waals surface area contributed by atoms with Crippen molar-refractivity contribution in [3.05, 3.63) is 0 Å². The number of carboxylic acid groups (broad SMARTS) is 1. The monoisotopic (exact) mass is 223 g/mol. The third-order valence-corrected chi connectivity index (χ3v) is 2.95. The molecule has 2 N–H and O–H groups in total. The summed E-state index contributed by atoms with van der Waals surface area (Å²) in [5, 5.41) is 11.7. The fourth-order valence-corrected chi connectivity index (χ4v) is 2.09. The molecule has 88 valence electrons. The molecule has 0 aromatic heterocycles. The Hall–Kier alpha value is -1.50. The third-order valence-electron chi connectivity index (χ3n) is 2.95. The second kappa shape index (κ2) is 6.16. The van der Waals surface area contributed by atoms with Gasteiger partial charge in [-0.15, -0.1) is 5.92 Å². The van der Waals surface area contributed by atoms with Crippen LogP contribution in [0.2, 0.25) is 0 Å². The predicted molar refractivity (Wildman–Crippen MR) is 59.5 cm³/mol. The summed E-state index contributed by atoms with van der Waals surface area (Å²) in [6, 6.07) is 0. The van der Waals surface area contributed by atoms with Crippen LogP contribution in [0.25, 0.3) is 0 Å². The van der Waals surface area contributed by atoms with Gasteiger partial charge in [-0.05, 0) is 19.8 Å². The molecule has 0 aromatic carbocycles. The Morgan fingerprint density at radius 2 is 1.94 bits per heavy atom. The van der Waals surface area contributed by atoms with Crippen LogP contribution in [-0.2, 0) is 9.59 Å². The molecule has 1 aliphatic rings. The average molecular weight is 223 g/mol. The van der Waals surface area contributed by atoms with Gasteiger partial charge >= 0.3 is 5.97 Å². The van der Waals surface area contributed by atoms with Crippen LogP contribution in [0.4, 0.5) is 0 Å². The first-order chi connectivity index (χ1) is 7.66. The first-order valence-electron chi connectivity index (χ1n) is 5.57. The highest BCUT2D eigenvalue weighted by molar-refractivity contribution is 5.85. The number of amides is 1. The van der Waals surface area contributed by atoms with Gasteiger partial charge in [0.2, 0.25) is 5.91 Å². The second-order valence-electron chi connectivity index (χ2n) is 3.98. The minimum Gasteiger partial charge on any atom is -0.481 e. The second-order valence-corrected chi connectivity index (χ2v) is 3.98. The zero-order chi connectivity index (χ0) is 12.0. The normalized spacial score (nSPS) is 24.1. The van der Waals surface area contributed by atoms with Gasteiger partial charge in [-0.3, -0.25) is 9.59 Å². The Morgan fingerprint density at radius 3 is 2.50 bits per heavy atom. The molecule has 16 heavy (non-hydrogen) atoms. The van der Waals surface area contributed by atoms with E-state index in [-0.39, 0.29) is 11.8 Å². The maximum absolute atomic E-state index is 11.7. The molecular weight excluding hydrogens is 206 g/mol. The Kier molecular flexibility index (Phi) is 4.84. The van der Waals surface area contributed by atoms with Gasteiger partial charge in [-0.1, -0.05) is 18.8 Å². The molecule has 1 fully saturated rings. The van der Waals surface area contributed by atoms with Crippen molar-refractivity contribution in [3.8, 4) is 11.8 Å². The molecule has 0 radical (unpaired) electrons. The minimum absolute atomic E-state index is 0.171. The van der Waals surface area contributed by atoms with E-state index in [1.807, 2.05) is 0 Å². The summed E-state index contributed by atoms with van der Waals surface area (Å²) in [6.45, 7) is 2.00. The lowest BCUT2D eigenvalue weighted by atomic mass is 9.79. The summed E-state index contributed by atoms with van der Waals surface area (Å²) >= 11 is 0. The zero-order valence-corrected chi connectivity index (χ0v) is 9.45. The molecule has 0 aromatic rings. The Bertz CT molecular complexity index is 327. The number of carboxylic acids is 1. The molecular formula is C12H17NO3. The van der Waals surface area contributed by atoms with Gasteiger partial charge in [-0.25, -0.2) is 0 Å². The van der Waals surface area contributed by atoms with Crippen LogP contribution in [-0.4, -0.2) is 23.5 Å². The van der Waals surface area contributed by atoms with Crippen LogP contribution >= 0.6 is 0 Å². The van der Waals surface area contributed by atoms with Crippen molar-refractivity contribution >= 4 is 11.9 Å². The summed E-state index contributed by atoms with van der Waals surface area (Å²) in [7, 11) is 0. The Balaban J connectivity index is 2.56. The summed E-state index contributed by atoms with van der Waals surface area (Å²) < 4.78 is 0. The minimum atomic E-state index is -0.860. The quantitative estimate of drug-likeness (QED) is 0.702. The van der Waals surface area contributed by atoms with E-state index in [2.05, 4.69) is 17.2 Å². The average Bonchev–Trinajstić information content (AvgIpc) is 2.29. The van der Waals surface area contributed by atoms with Crippen LogP contribution in [0.5, 0.6) is 0 Å². The van der Waals surface area contributed by atoms with Crippen LogP contribution in [0, 0.1) is 23.7 Å². The van der Waals surface area contributed by atoms with Gasteiger partial charge in [0, 0.05) is 0 Å². The highest BCUT2D eigenvalue weighted by Gasteiger charge is 2.35. The summed E-state index contributed by atoms with van der Waals surface area (Å²) in [4.78, 5) is 22.7. The van der Waals surface area contributed by atoms with Crippen molar-refractivity contribution in [1.29, 1.82) is 0 Å². The number of rotatable bonds is 3. The van der Waals surface area contributed by atoms with E-state index in [9.17, 15) is 9.59 Å². The summed E-state index contributed by atoms with van der Waals surface area (Å²) in [5.41, 5.74) is 0. The molecule has 4 heteroatoms. The molecule has 4 nitrogen and oxygen atoms in total. The highest BCUT2D eigenvalue weighted by atomic mass is 16.4. The fourth-order valence-electron chi connectivity index (χ4n) is 2.09. The Morgan fingerprint density at radius 1 is 1.31 bits per heavy atom. The van der Waals surface area contributed by atoms with Crippen LogP contribution in [0.1, 0.15) is 32.6 Å². The maximum atomic E-state index is 11.7. The topological polar surface area (TPSA) is 66.4 Å². The predicted octanol–water partition coefficient (Wildman–Crippen LogP) is 1.02. The molecule has 2 unspecified atom stereocenters. The van der Waals surface area contributed by atoms with Crippen LogP contribution in [0.15, 0.2) is 0 Å². The molecule has 0 spiro atoms. The third kappa shape index (κ3) is 3.27. The fraction of sp³-hybridized carbons (Fsp3) is 0.667. The van der Waals surface area contributed by atoms with Gasteiger partial charge in [-0.2, -0.15) is 0 Å². The van der Waals surface area contributed by atoms with Gasteiger partial charge in [0.25, 0.3) is 0 Å². The summed E-state index contributed by atoms with van der Waals surface area (Å²) in [5.74, 6) is 3.47. The van der Waals surface area contributed by atoms with E-state index in [1.165, 1.54) is 0 Å². The molecule has 2 atom stereocenters. The molecule has 1 rings (SSSR count). The van der Waals surface area contributed by atoms with E-state index in [4.69, 9.17) is 5.11 Å². The molecule has 1 amide bonds. The SMILES string of the molecule is CC#CCNC(=O)C1CCCCC1C(=O)O. The standard InChI is InChI=1S/C12H17NO3/c1-2-3-8-13-11(14)9-6-4-5-7-10(9)12(15)16/h9-10H,4-8H2,1H3,(H,13,14)(H,15,16). The smallest absolute Gasteiger partial charge is 0.307 e. The summed E-state index contributed by atoms with van der Waals surface area (Å²) in [6.07, 6.45) is 3.10. The lowest BCUT2D eigenvalue weighted by Crippen LogP contribution is -2.39. The first-order valence-corrected chi connectivity index (χ1v) is 5.57. The molecule has 0 bridgehead atoms. The van der Waals surface area contributed by atoms with Crippen molar-refractivity contribution in [2.75, 3.05) is 6.54 Å². The van der Waals surface area contributed by atoms with Crippen molar-refractivity contribution < 1.29 is 14.7 Å². The van der Waals surface area contributed by atoms with E-state index >= 15 is 0 Å². The van der Waals surface area contributed by atoms with Crippen molar-refractivity contribution in [1.82, 2.24) is 5.32 Å². The molecule has 1 saturated carbocycles. The van der Waals surface area contributed by atoms with E-state index in [0.717, 1.165) is 12.8 Å². The number of hydrogen-bond donors (Lipinski definition) is 2. The lowest BCUT2D eigenvalue weighted by Gasteiger charge is -2.27. The van der Waals surface area contributed by atoms with Gasteiger partial charge in [0.05, 0.1) is 18.4 Å². The zero-order valence-electron chi connectivity index (χ0n) is 9.45. The van der Waals surface area contributed by atoms with Crippen molar-refractivity contribution in [2.45, 2.75) is 32.6 Å². The number of aliphatic carboxylic acids is 1. The van der Waals surface area contributed by atoms with Crippen molar-refractivity contribution in [2.24, 2.45) is 11.8 Å². The highest BCUT2D eigenvalue weighted by Crippen LogP contribution is 2.30. The number of carbonyl (C=O) groups excluding carboxylic acids is 1. The van der Waals surface area contributed by atoms with E-state index < -0.39 is 11.9 Å². The lowest BCUT2D eigenvalue weighted by molar-refractivity contribution is -0.148. The molecule has 1 aliphatic carbocycles. The number of hydrogen-bond acceptors (Lipinski definition) is 2. The number of carbonyl (C=O) groups is 2. The van der Waals surface area contributed by atoms with E-state index in [1.54, 1.807) is 6.92 Å². The maximum Gasteiger partial charge on any atom is 0.307 e. The first kappa shape index (κ1) is 12.6. The van der Waals surface area contributed by atoms with Gasteiger partial charge in [0.1, 0.15) is 0 Å². The molecule has 0 saturated heterocycles. The van der Waals surface area contributed by atoms with Crippen molar-refractivity contribution in [3.63, 3.8) is 0 Å². The number of nitrogens with one attached hydrogen (secondary N) is 1. The van der Waals surface area contributed by atoms with Gasteiger partial charge < -0.3 is 10.4 Å². The molecule has 0 aliphatic heterocycles.